The van der Waals surface area contributed by atoms with Gasteiger partial charge in [0.2, 0.25) is 0 Å². The molecule has 4 aromatic rings. The van der Waals surface area contributed by atoms with E-state index in [0.29, 0.717) is 5.82 Å². The predicted molar refractivity (Wildman–Crippen MR) is 137 cm³/mol. The summed E-state index contributed by atoms with van der Waals surface area (Å²) in [4.78, 5) is 18.6. The van der Waals surface area contributed by atoms with Crippen molar-refractivity contribution in [2.75, 3.05) is 14.2 Å². The van der Waals surface area contributed by atoms with Crippen molar-refractivity contribution >= 4 is 23.0 Å². The third kappa shape index (κ3) is 3.93. The van der Waals surface area contributed by atoms with Crippen LogP contribution < -0.4 is 4.74 Å². The molecule has 0 saturated heterocycles. The molecule has 2 aromatic carbocycles. The molecule has 0 spiro atoms. The van der Waals surface area contributed by atoms with E-state index in [1.807, 2.05) is 35.8 Å². The van der Waals surface area contributed by atoms with Crippen molar-refractivity contribution in [1.29, 1.82) is 0 Å². The molecule has 7 nitrogen and oxygen atoms in total. The van der Waals surface area contributed by atoms with E-state index in [4.69, 9.17) is 14.5 Å². The van der Waals surface area contributed by atoms with Gasteiger partial charge in [0.25, 0.3) is 0 Å². The molecule has 0 saturated carbocycles. The maximum atomic E-state index is 12.3. The minimum absolute atomic E-state index is 0.0877. The van der Waals surface area contributed by atoms with E-state index in [-0.39, 0.29) is 12.4 Å². The Morgan fingerprint density at radius 1 is 1.00 bits per heavy atom. The van der Waals surface area contributed by atoms with Crippen LogP contribution in [0.2, 0.25) is 0 Å². The van der Waals surface area contributed by atoms with E-state index in [0.717, 1.165) is 50.1 Å². The highest BCUT2D eigenvalue weighted by Gasteiger charge is 2.32. The first-order chi connectivity index (χ1) is 16.9. The molecule has 35 heavy (non-hydrogen) atoms. The lowest BCUT2D eigenvalue weighted by Gasteiger charge is -2.13. The molecule has 0 unspecified atom stereocenters. The highest BCUT2D eigenvalue weighted by atomic mass is 32.1. The number of hydrogen-bond donors (Lipinski definition) is 0. The number of carbonyl (C=O) groups is 1. The number of para-hydroxylation sites is 1. The molecule has 178 valence electrons. The van der Waals surface area contributed by atoms with E-state index in [9.17, 15) is 4.79 Å². The first-order valence-corrected chi connectivity index (χ1v) is 12.2. The van der Waals surface area contributed by atoms with Gasteiger partial charge in [-0.2, -0.15) is 0 Å². The monoisotopic (exact) mass is 486 g/mol. The van der Waals surface area contributed by atoms with Crippen molar-refractivity contribution in [2.24, 2.45) is 4.99 Å². The number of methoxy groups -OCH3 is 2. The molecule has 0 radical (unpaired) electrons. The molecular weight excluding hydrogens is 460 g/mol. The summed E-state index contributed by atoms with van der Waals surface area (Å²) < 4.78 is 12.6. The zero-order valence-electron chi connectivity index (χ0n) is 20.3. The molecule has 1 aliphatic rings. The Morgan fingerprint density at radius 2 is 1.71 bits per heavy atom. The second-order valence-corrected chi connectivity index (χ2v) is 9.66. The maximum absolute atomic E-state index is 12.3. The van der Waals surface area contributed by atoms with E-state index in [2.05, 4.69) is 48.3 Å². The van der Waals surface area contributed by atoms with Gasteiger partial charge in [0.15, 0.2) is 5.82 Å². The predicted octanol–water partition coefficient (Wildman–Crippen LogP) is 5.38. The minimum Gasteiger partial charge on any atom is -0.496 e. The Kier molecular flexibility index (Phi) is 5.98. The summed E-state index contributed by atoms with van der Waals surface area (Å²) in [5.74, 6) is 1.90. The number of nitrogens with zero attached hydrogens (tertiary/aromatic N) is 4. The van der Waals surface area contributed by atoms with Crippen molar-refractivity contribution < 1.29 is 14.3 Å². The lowest BCUT2D eigenvalue weighted by molar-refractivity contribution is -0.141. The van der Waals surface area contributed by atoms with E-state index in [1.165, 1.54) is 12.0 Å². The Labute approximate surface area is 208 Å². The number of rotatable bonds is 5. The van der Waals surface area contributed by atoms with Crippen LogP contribution in [0.1, 0.15) is 45.7 Å². The number of esters is 1. The van der Waals surface area contributed by atoms with Crippen molar-refractivity contribution in [2.45, 2.75) is 33.2 Å². The zero-order chi connectivity index (χ0) is 24.7. The SMILES string of the molecule is COC(=O)C[C@@H]1N=C(c2ccc(-c3ccccc3OC)cc2)c2c(sc(C)c2C)-n2c(C)nnc21. The highest BCUT2D eigenvalue weighted by molar-refractivity contribution is 7.15. The van der Waals surface area contributed by atoms with Gasteiger partial charge in [-0.1, -0.05) is 42.5 Å². The first-order valence-electron chi connectivity index (χ1n) is 11.3. The van der Waals surface area contributed by atoms with Crippen LogP contribution in [0.25, 0.3) is 16.1 Å². The highest BCUT2D eigenvalue weighted by Crippen LogP contribution is 2.40. The van der Waals surface area contributed by atoms with Crippen molar-refractivity contribution in [3.05, 3.63) is 81.7 Å². The number of thiophene rings is 1. The van der Waals surface area contributed by atoms with Gasteiger partial charge >= 0.3 is 5.97 Å². The fraction of sp³-hybridized carbons (Fsp3) is 0.259. The second-order valence-electron chi connectivity index (χ2n) is 8.46. The third-order valence-electron chi connectivity index (χ3n) is 6.40. The summed E-state index contributed by atoms with van der Waals surface area (Å²) in [6, 6.07) is 15.8. The number of ether oxygens (including phenoxy) is 2. The molecule has 0 aliphatic carbocycles. The molecule has 3 heterocycles. The van der Waals surface area contributed by atoms with Crippen molar-refractivity contribution in [3.8, 4) is 21.9 Å². The Hall–Kier alpha value is -3.78. The summed E-state index contributed by atoms with van der Waals surface area (Å²) >= 11 is 1.69. The smallest absolute Gasteiger partial charge is 0.308 e. The van der Waals surface area contributed by atoms with Crippen LogP contribution in [0.3, 0.4) is 0 Å². The summed E-state index contributed by atoms with van der Waals surface area (Å²) in [5, 5.41) is 9.75. The standard InChI is InChI=1S/C27H26N4O3S/c1-15-16(2)35-27-24(15)25(28-21(14-23(32)34-5)26-30-29-17(3)31(26)27)19-12-10-18(11-13-19)20-8-6-7-9-22(20)33-4/h6-13,21H,14H2,1-5H3/t21-/m0/s1. The molecule has 2 aromatic heterocycles. The molecule has 0 N–H and O–H groups in total. The Balaban J connectivity index is 1.68. The van der Waals surface area contributed by atoms with Gasteiger partial charge in [0, 0.05) is 21.6 Å². The van der Waals surface area contributed by atoms with Gasteiger partial charge in [-0.3, -0.25) is 14.4 Å². The van der Waals surface area contributed by atoms with Gasteiger partial charge in [-0.25, -0.2) is 0 Å². The fourth-order valence-corrected chi connectivity index (χ4v) is 5.67. The summed E-state index contributed by atoms with van der Waals surface area (Å²) in [7, 11) is 3.07. The number of aromatic nitrogens is 3. The number of fused-ring (bicyclic) bond motifs is 3. The zero-order valence-corrected chi connectivity index (χ0v) is 21.1. The lowest BCUT2D eigenvalue weighted by Crippen LogP contribution is -2.12. The number of hydrogen-bond acceptors (Lipinski definition) is 7. The van der Waals surface area contributed by atoms with Crippen LogP contribution in [-0.2, 0) is 9.53 Å². The molecular formula is C27H26N4O3S. The number of aliphatic imine (C=N–C) groups is 1. The summed E-state index contributed by atoms with van der Waals surface area (Å²) in [6.07, 6.45) is 0.0877. The van der Waals surface area contributed by atoms with Crippen molar-refractivity contribution in [3.63, 3.8) is 0 Å². The molecule has 5 rings (SSSR count). The van der Waals surface area contributed by atoms with Crippen LogP contribution in [0.5, 0.6) is 5.75 Å². The van der Waals surface area contributed by atoms with Gasteiger partial charge in [0.05, 0.1) is 26.4 Å². The van der Waals surface area contributed by atoms with Crippen molar-refractivity contribution in [1.82, 2.24) is 14.8 Å². The van der Waals surface area contributed by atoms with Crippen LogP contribution >= 0.6 is 11.3 Å². The van der Waals surface area contributed by atoms with Crippen LogP contribution in [-0.4, -0.2) is 40.7 Å². The second kappa shape index (κ2) is 9.11. The van der Waals surface area contributed by atoms with Gasteiger partial charge in [-0.15, -0.1) is 21.5 Å². The molecule has 1 atom stereocenters. The average Bonchev–Trinajstić information content (AvgIpc) is 3.36. The molecule has 1 aliphatic heterocycles. The molecule has 0 amide bonds. The van der Waals surface area contributed by atoms with Crippen LogP contribution in [0.4, 0.5) is 0 Å². The summed E-state index contributed by atoms with van der Waals surface area (Å²) in [5.41, 5.74) is 6.10. The quantitative estimate of drug-likeness (QED) is 0.354. The van der Waals surface area contributed by atoms with Gasteiger partial charge < -0.3 is 9.47 Å². The van der Waals surface area contributed by atoms with Gasteiger partial charge in [0.1, 0.15) is 22.6 Å². The maximum Gasteiger partial charge on any atom is 0.308 e. The minimum atomic E-state index is -0.508. The normalized spacial score (nSPS) is 14.5. The summed E-state index contributed by atoms with van der Waals surface area (Å²) in [6.45, 7) is 6.15. The van der Waals surface area contributed by atoms with Gasteiger partial charge in [-0.05, 0) is 38.0 Å². The molecule has 8 heteroatoms. The largest absolute Gasteiger partial charge is 0.496 e. The number of benzene rings is 2. The molecule has 0 fully saturated rings. The first kappa shape index (κ1) is 23.0. The Bertz CT molecular complexity index is 1450. The third-order valence-corrected chi connectivity index (χ3v) is 7.60. The Morgan fingerprint density at radius 3 is 2.43 bits per heavy atom. The topological polar surface area (TPSA) is 78.6 Å². The van der Waals surface area contributed by atoms with Crippen LogP contribution in [0, 0.1) is 20.8 Å². The van der Waals surface area contributed by atoms with E-state index in [1.54, 1.807) is 18.4 Å². The van der Waals surface area contributed by atoms with Crippen LogP contribution in [0.15, 0.2) is 53.5 Å². The number of aryl methyl sites for hydroxylation is 2. The fourth-order valence-electron chi connectivity index (χ4n) is 4.46. The van der Waals surface area contributed by atoms with E-state index < -0.39 is 6.04 Å². The number of carbonyl (C=O) groups excluding carboxylic acids is 1. The van der Waals surface area contributed by atoms with E-state index >= 15 is 0 Å². The lowest BCUT2D eigenvalue weighted by atomic mass is 9.96. The average molecular weight is 487 g/mol. The molecule has 0 bridgehead atoms.